The summed E-state index contributed by atoms with van der Waals surface area (Å²) in [6, 6.07) is 16.2. The maximum atomic E-state index is 12.4. The molecule has 0 aliphatic carbocycles. The van der Waals surface area contributed by atoms with Crippen molar-refractivity contribution in [3.8, 4) is 0 Å². The van der Waals surface area contributed by atoms with Gasteiger partial charge in [0, 0.05) is 16.4 Å². The van der Waals surface area contributed by atoms with Crippen molar-refractivity contribution in [1.29, 1.82) is 0 Å². The Hall–Kier alpha value is -2.71. The standard InChI is InChI=1S/C18H14BrN3O3S/c19-17-6-2-1-5-16(17)18(23)21-13-7-9-15(10-8-13)26(24,25)22-14-4-3-11-20-12-14/h1-12,22H,(H,21,23). The summed E-state index contributed by atoms with van der Waals surface area (Å²) in [5, 5.41) is 2.73. The van der Waals surface area contributed by atoms with E-state index in [1.54, 1.807) is 36.5 Å². The topological polar surface area (TPSA) is 88.2 Å². The normalized spacial score (nSPS) is 11.0. The third-order valence-corrected chi connectivity index (χ3v) is 5.54. The minimum absolute atomic E-state index is 0.0836. The third-order valence-electron chi connectivity index (χ3n) is 3.45. The minimum Gasteiger partial charge on any atom is -0.322 e. The van der Waals surface area contributed by atoms with Gasteiger partial charge in [0.25, 0.3) is 15.9 Å². The van der Waals surface area contributed by atoms with Crippen LogP contribution < -0.4 is 10.0 Å². The number of amides is 1. The van der Waals surface area contributed by atoms with Gasteiger partial charge in [-0.15, -0.1) is 0 Å². The van der Waals surface area contributed by atoms with Gasteiger partial charge in [-0.25, -0.2) is 8.42 Å². The van der Waals surface area contributed by atoms with Crippen LogP contribution in [0.3, 0.4) is 0 Å². The van der Waals surface area contributed by atoms with Gasteiger partial charge in [0.15, 0.2) is 0 Å². The number of nitrogens with zero attached hydrogens (tertiary/aromatic N) is 1. The van der Waals surface area contributed by atoms with Gasteiger partial charge in [-0.05, 0) is 64.5 Å². The summed E-state index contributed by atoms with van der Waals surface area (Å²) >= 11 is 3.33. The smallest absolute Gasteiger partial charge is 0.261 e. The highest BCUT2D eigenvalue weighted by Gasteiger charge is 2.15. The molecule has 26 heavy (non-hydrogen) atoms. The van der Waals surface area contributed by atoms with Crippen LogP contribution in [0, 0.1) is 0 Å². The lowest BCUT2D eigenvalue weighted by Gasteiger charge is -2.10. The van der Waals surface area contributed by atoms with E-state index in [0.29, 0.717) is 21.4 Å². The molecule has 1 aromatic heterocycles. The molecule has 0 aliphatic heterocycles. The van der Waals surface area contributed by atoms with Crippen molar-refractivity contribution in [3.05, 3.63) is 83.1 Å². The van der Waals surface area contributed by atoms with Gasteiger partial charge in [0.1, 0.15) is 0 Å². The van der Waals surface area contributed by atoms with Gasteiger partial charge >= 0.3 is 0 Å². The number of pyridine rings is 1. The molecule has 0 unspecified atom stereocenters. The van der Waals surface area contributed by atoms with Crippen LogP contribution in [-0.4, -0.2) is 19.3 Å². The van der Waals surface area contributed by atoms with Gasteiger partial charge in [-0.1, -0.05) is 12.1 Å². The van der Waals surface area contributed by atoms with E-state index in [1.807, 2.05) is 6.07 Å². The number of benzene rings is 2. The van der Waals surface area contributed by atoms with Gasteiger partial charge in [0.2, 0.25) is 0 Å². The van der Waals surface area contributed by atoms with Gasteiger partial charge < -0.3 is 5.32 Å². The number of hydrogen-bond donors (Lipinski definition) is 2. The number of anilines is 2. The maximum absolute atomic E-state index is 12.4. The lowest BCUT2D eigenvalue weighted by atomic mass is 10.2. The zero-order chi connectivity index (χ0) is 18.6. The molecule has 0 spiro atoms. The predicted molar refractivity (Wildman–Crippen MR) is 104 cm³/mol. The lowest BCUT2D eigenvalue weighted by Crippen LogP contribution is -2.14. The first-order valence-electron chi connectivity index (χ1n) is 7.54. The van der Waals surface area contributed by atoms with Crippen LogP contribution in [0.5, 0.6) is 0 Å². The average molecular weight is 432 g/mol. The first kappa shape index (κ1) is 18.1. The summed E-state index contributed by atoms with van der Waals surface area (Å²) in [7, 11) is -3.73. The number of carbonyl (C=O) groups is 1. The molecular weight excluding hydrogens is 418 g/mol. The second kappa shape index (κ2) is 7.67. The summed E-state index contributed by atoms with van der Waals surface area (Å²) in [6.45, 7) is 0. The lowest BCUT2D eigenvalue weighted by molar-refractivity contribution is 0.102. The number of nitrogens with one attached hydrogen (secondary N) is 2. The zero-order valence-corrected chi connectivity index (χ0v) is 15.8. The quantitative estimate of drug-likeness (QED) is 0.640. The molecule has 0 saturated carbocycles. The molecule has 0 bridgehead atoms. The summed E-state index contributed by atoms with van der Waals surface area (Å²) in [5.74, 6) is -0.290. The van der Waals surface area contributed by atoms with E-state index in [2.05, 4.69) is 31.0 Å². The molecule has 3 aromatic rings. The van der Waals surface area contributed by atoms with Gasteiger partial charge in [0.05, 0.1) is 22.3 Å². The molecule has 2 N–H and O–H groups in total. The van der Waals surface area contributed by atoms with E-state index in [9.17, 15) is 13.2 Å². The monoisotopic (exact) mass is 431 g/mol. The van der Waals surface area contributed by atoms with E-state index in [4.69, 9.17) is 0 Å². The molecule has 8 heteroatoms. The number of rotatable bonds is 5. The molecular formula is C18H14BrN3O3S. The minimum atomic E-state index is -3.73. The van der Waals surface area contributed by atoms with Crippen LogP contribution in [0.4, 0.5) is 11.4 Å². The first-order valence-corrected chi connectivity index (χ1v) is 9.82. The highest BCUT2D eigenvalue weighted by molar-refractivity contribution is 9.10. The molecule has 0 saturated heterocycles. The fourth-order valence-corrected chi connectivity index (χ4v) is 3.71. The van der Waals surface area contributed by atoms with Crippen molar-refractivity contribution >= 4 is 43.2 Å². The molecule has 0 atom stereocenters. The van der Waals surface area contributed by atoms with Crippen LogP contribution in [0.25, 0.3) is 0 Å². The Kier molecular flexibility index (Phi) is 5.34. The Balaban J connectivity index is 1.74. The Labute approximate surface area is 159 Å². The third kappa shape index (κ3) is 4.27. The Morgan fingerprint density at radius 2 is 1.65 bits per heavy atom. The zero-order valence-electron chi connectivity index (χ0n) is 13.4. The molecule has 0 radical (unpaired) electrons. The van der Waals surface area contributed by atoms with Gasteiger partial charge in [-0.2, -0.15) is 0 Å². The number of carbonyl (C=O) groups excluding carboxylic acids is 1. The molecule has 3 rings (SSSR count). The Bertz CT molecular complexity index is 1020. The molecule has 0 fully saturated rings. The molecule has 2 aromatic carbocycles. The van der Waals surface area contributed by atoms with Crippen LogP contribution in [-0.2, 0) is 10.0 Å². The summed E-state index contributed by atoms with van der Waals surface area (Å²) < 4.78 is 27.9. The highest BCUT2D eigenvalue weighted by atomic mass is 79.9. The predicted octanol–water partition coefficient (Wildman–Crippen LogP) is 3.90. The van der Waals surface area contributed by atoms with Crippen molar-refractivity contribution in [1.82, 2.24) is 4.98 Å². The van der Waals surface area contributed by atoms with E-state index < -0.39 is 10.0 Å². The first-order chi connectivity index (χ1) is 12.5. The van der Waals surface area contributed by atoms with Gasteiger partial charge in [-0.3, -0.25) is 14.5 Å². The fourth-order valence-electron chi connectivity index (χ4n) is 2.20. The molecule has 0 aliphatic rings. The number of hydrogen-bond acceptors (Lipinski definition) is 4. The SMILES string of the molecule is O=C(Nc1ccc(S(=O)(=O)Nc2cccnc2)cc1)c1ccccc1Br. The Morgan fingerprint density at radius 1 is 0.923 bits per heavy atom. The second-order valence-corrected chi connectivity index (χ2v) is 7.84. The Morgan fingerprint density at radius 3 is 2.31 bits per heavy atom. The van der Waals surface area contributed by atoms with E-state index in [-0.39, 0.29) is 10.8 Å². The summed E-state index contributed by atoms with van der Waals surface area (Å²) in [6.07, 6.45) is 2.98. The van der Waals surface area contributed by atoms with Crippen molar-refractivity contribution in [2.24, 2.45) is 0 Å². The van der Waals surface area contributed by atoms with E-state index in [0.717, 1.165) is 0 Å². The van der Waals surface area contributed by atoms with E-state index in [1.165, 1.54) is 30.5 Å². The summed E-state index contributed by atoms with van der Waals surface area (Å²) in [4.78, 5) is 16.2. The number of sulfonamides is 1. The van der Waals surface area contributed by atoms with Crippen LogP contribution >= 0.6 is 15.9 Å². The van der Waals surface area contributed by atoms with Crippen LogP contribution in [0.2, 0.25) is 0 Å². The van der Waals surface area contributed by atoms with Crippen molar-refractivity contribution < 1.29 is 13.2 Å². The van der Waals surface area contributed by atoms with Crippen LogP contribution in [0.15, 0.2) is 82.4 Å². The fraction of sp³-hybridized carbons (Fsp3) is 0. The number of halogens is 1. The van der Waals surface area contributed by atoms with Crippen molar-refractivity contribution in [2.75, 3.05) is 10.0 Å². The highest BCUT2D eigenvalue weighted by Crippen LogP contribution is 2.20. The summed E-state index contributed by atoms with van der Waals surface area (Å²) in [5.41, 5.74) is 1.35. The maximum Gasteiger partial charge on any atom is 0.261 e. The number of aromatic nitrogens is 1. The van der Waals surface area contributed by atoms with E-state index >= 15 is 0 Å². The average Bonchev–Trinajstić information content (AvgIpc) is 2.63. The second-order valence-electron chi connectivity index (χ2n) is 5.31. The molecule has 1 amide bonds. The molecule has 132 valence electrons. The van der Waals surface area contributed by atoms with Crippen LogP contribution in [0.1, 0.15) is 10.4 Å². The van der Waals surface area contributed by atoms with Crippen molar-refractivity contribution in [2.45, 2.75) is 4.90 Å². The molecule has 6 nitrogen and oxygen atoms in total. The largest absolute Gasteiger partial charge is 0.322 e. The van der Waals surface area contributed by atoms with Crippen molar-refractivity contribution in [3.63, 3.8) is 0 Å². The molecule has 1 heterocycles.